The van der Waals surface area contributed by atoms with Crippen molar-refractivity contribution in [2.45, 2.75) is 84.0 Å². The molecule has 0 aliphatic rings. The van der Waals surface area contributed by atoms with Crippen molar-refractivity contribution in [1.82, 2.24) is 0 Å². The first-order valence-corrected chi connectivity index (χ1v) is 12.5. The smallest absolute Gasteiger partial charge is 0.298 e. The summed E-state index contributed by atoms with van der Waals surface area (Å²) in [7, 11) is -4.56. The molecule has 0 aromatic heterocycles. The first-order valence-electron chi connectivity index (χ1n) is 11.1. The third kappa shape index (κ3) is 8.60. The fraction of sp³-hybridized carbons (Fsp3) is 0.727. The Morgan fingerprint density at radius 1 is 0.667 bits per heavy atom. The second-order valence-corrected chi connectivity index (χ2v) is 8.53. The minimum absolute atomic E-state index is 0.0172. The summed E-state index contributed by atoms with van der Waals surface area (Å²) in [6.07, 6.45) is 6.81. The van der Waals surface area contributed by atoms with Crippen LogP contribution in [0.4, 0.5) is 0 Å². The summed E-state index contributed by atoms with van der Waals surface area (Å²) in [6.45, 7) is 9.64. The summed E-state index contributed by atoms with van der Waals surface area (Å²) in [5, 5.41) is 0. The lowest BCUT2D eigenvalue weighted by Gasteiger charge is -2.22. The molecular weight excluding hydrogens is 408 g/mol. The van der Waals surface area contributed by atoms with Crippen molar-refractivity contribution in [3.05, 3.63) is 6.07 Å². The molecule has 0 unspecified atom stereocenters. The lowest BCUT2D eigenvalue weighted by molar-refractivity contribution is 0.218. The number of hydrogen-bond acceptors (Lipinski definition) is 6. The summed E-state index contributed by atoms with van der Waals surface area (Å²) in [4.78, 5) is -0.362. The lowest BCUT2D eigenvalue weighted by atomic mass is 10.2. The number of benzene rings is 1. The average Bonchev–Trinajstić information content (AvgIpc) is 2.70. The third-order valence-corrected chi connectivity index (χ3v) is 5.25. The van der Waals surface area contributed by atoms with Crippen LogP contribution < -0.4 is 18.9 Å². The van der Waals surface area contributed by atoms with Gasteiger partial charge in [0.1, 0.15) is 4.90 Å². The Balaban J connectivity index is 3.54. The van der Waals surface area contributed by atoms with Gasteiger partial charge < -0.3 is 18.9 Å². The van der Waals surface area contributed by atoms with E-state index in [0.717, 1.165) is 51.4 Å². The Morgan fingerprint density at radius 2 is 1.07 bits per heavy atom. The molecule has 1 N–H and O–H groups in total. The highest BCUT2D eigenvalue weighted by molar-refractivity contribution is 7.86. The van der Waals surface area contributed by atoms with Gasteiger partial charge in [-0.05, 0) is 25.7 Å². The first kappa shape index (κ1) is 26.4. The predicted octanol–water partition coefficient (Wildman–Crippen LogP) is 5.65. The van der Waals surface area contributed by atoms with Crippen molar-refractivity contribution in [1.29, 1.82) is 0 Å². The molecule has 0 fully saturated rings. The largest absolute Gasteiger partial charge is 0.489 e. The molecule has 0 saturated heterocycles. The maximum atomic E-state index is 12.1. The molecule has 0 bridgehead atoms. The van der Waals surface area contributed by atoms with Gasteiger partial charge in [-0.25, -0.2) is 0 Å². The topological polar surface area (TPSA) is 91.3 Å². The van der Waals surface area contributed by atoms with Gasteiger partial charge in [-0.3, -0.25) is 4.55 Å². The molecule has 7 nitrogen and oxygen atoms in total. The van der Waals surface area contributed by atoms with Crippen LogP contribution in [0.15, 0.2) is 11.0 Å². The predicted molar refractivity (Wildman–Crippen MR) is 118 cm³/mol. The van der Waals surface area contributed by atoms with E-state index in [9.17, 15) is 13.0 Å². The maximum absolute atomic E-state index is 12.1. The molecular formula is C22H38O7S. The van der Waals surface area contributed by atoms with Gasteiger partial charge in [0, 0.05) is 6.07 Å². The van der Waals surface area contributed by atoms with Gasteiger partial charge in [0.25, 0.3) is 10.1 Å². The fourth-order valence-electron chi connectivity index (χ4n) is 2.56. The SMILES string of the molecule is CCCCOc1cc(S(=O)(=O)O)c(OCCCC)c(OCCCC)c1OCCCC. The molecule has 1 rings (SSSR count). The second kappa shape index (κ2) is 14.4. The Hall–Kier alpha value is -1.67. The van der Waals surface area contributed by atoms with E-state index in [2.05, 4.69) is 6.92 Å². The number of hydrogen-bond donors (Lipinski definition) is 1. The van der Waals surface area contributed by atoms with Gasteiger partial charge >= 0.3 is 0 Å². The van der Waals surface area contributed by atoms with Crippen LogP contribution in [0.3, 0.4) is 0 Å². The van der Waals surface area contributed by atoms with Crippen molar-refractivity contribution >= 4 is 10.1 Å². The number of unbranched alkanes of at least 4 members (excludes halogenated alkanes) is 4. The Kier molecular flexibility index (Phi) is 12.6. The Bertz CT molecular complexity index is 717. The molecule has 0 aliphatic heterocycles. The minimum Gasteiger partial charge on any atom is -0.489 e. The van der Waals surface area contributed by atoms with Gasteiger partial charge in [-0.2, -0.15) is 8.42 Å². The van der Waals surface area contributed by atoms with Gasteiger partial charge in [0.05, 0.1) is 26.4 Å². The summed E-state index contributed by atoms with van der Waals surface area (Å²) in [5.41, 5.74) is 0. The highest BCUT2D eigenvalue weighted by Crippen LogP contribution is 2.49. The highest BCUT2D eigenvalue weighted by atomic mass is 32.2. The molecule has 1 aromatic rings. The van der Waals surface area contributed by atoms with Crippen LogP contribution in [-0.2, 0) is 10.1 Å². The van der Waals surface area contributed by atoms with Crippen LogP contribution >= 0.6 is 0 Å². The van der Waals surface area contributed by atoms with Crippen molar-refractivity contribution in [2.24, 2.45) is 0 Å². The van der Waals surface area contributed by atoms with Gasteiger partial charge in [-0.1, -0.05) is 53.4 Å². The van der Waals surface area contributed by atoms with Crippen molar-refractivity contribution < 1.29 is 31.9 Å². The summed E-state index contributed by atoms with van der Waals surface area (Å²) >= 11 is 0. The Labute approximate surface area is 181 Å². The zero-order valence-corrected chi connectivity index (χ0v) is 19.7. The van der Waals surface area contributed by atoms with Gasteiger partial charge in [0.15, 0.2) is 11.5 Å². The lowest BCUT2D eigenvalue weighted by Crippen LogP contribution is -2.12. The molecule has 0 radical (unpaired) electrons. The van der Waals surface area contributed by atoms with Crippen LogP contribution in [0.25, 0.3) is 0 Å². The number of rotatable bonds is 17. The average molecular weight is 447 g/mol. The van der Waals surface area contributed by atoms with E-state index in [1.807, 2.05) is 20.8 Å². The van der Waals surface area contributed by atoms with Gasteiger partial charge in [0.2, 0.25) is 11.5 Å². The molecule has 0 heterocycles. The van der Waals surface area contributed by atoms with Crippen molar-refractivity contribution in [2.75, 3.05) is 26.4 Å². The van der Waals surface area contributed by atoms with Crippen molar-refractivity contribution in [3.63, 3.8) is 0 Å². The second-order valence-electron chi connectivity index (χ2n) is 7.14. The summed E-state index contributed by atoms with van der Waals surface area (Å²) in [5.74, 6) is 0.727. The molecule has 8 heteroatoms. The molecule has 1 aromatic carbocycles. The molecule has 0 aliphatic carbocycles. The van der Waals surface area contributed by atoms with Crippen LogP contribution in [0, 0.1) is 0 Å². The van der Waals surface area contributed by atoms with E-state index in [-0.39, 0.29) is 22.1 Å². The zero-order chi connectivity index (χ0) is 22.4. The number of ether oxygens (including phenoxy) is 4. The zero-order valence-electron chi connectivity index (χ0n) is 18.9. The molecule has 0 spiro atoms. The van der Waals surface area contributed by atoms with Crippen LogP contribution in [-0.4, -0.2) is 39.4 Å². The third-order valence-electron chi connectivity index (χ3n) is 4.39. The van der Waals surface area contributed by atoms with Crippen LogP contribution in [0.2, 0.25) is 0 Å². The standard InChI is InChI=1S/C22H38O7S/c1-5-9-13-26-18-17-19(30(23,24)25)21(28-15-11-7-3)22(29-16-12-8-4)20(18)27-14-10-6-2/h17H,5-16H2,1-4H3,(H,23,24,25). The first-order chi connectivity index (χ1) is 14.4. The fourth-order valence-corrected chi connectivity index (χ4v) is 3.20. The van der Waals surface area contributed by atoms with E-state index in [1.165, 1.54) is 6.07 Å². The van der Waals surface area contributed by atoms with E-state index in [4.69, 9.17) is 18.9 Å². The van der Waals surface area contributed by atoms with E-state index in [0.29, 0.717) is 32.2 Å². The quantitative estimate of drug-likeness (QED) is 0.244. The molecule has 174 valence electrons. The molecule has 0 atom stereocenters. The molecule has 30 heavy (non-hydrogen) atoms. The molecule has 0 amide bonds. The summed E-state index contributed by atoms with van der Waals surface area (Å²) < 4.78 is 57.7. The van der Waals surface area contributed by atoms with Crippen LogP contribution in [0.1, 0.15) is 79.1 Å². The minimum atomic E-state index is -4.56. The van der Waals surface area contributed by atoms with Crippen molar-refractivity contribution in [3.8, 4) is 23.0 Å². The van der Waals surface area contributed by atoms with E-state index >= 15 is 0 Å². The normalized spacial score (nSPS) is 11.4. The maximum Gasteiger partial charge on any atom is 0.298 e. The van der Waals surface area contributed by atoms with Crippen LogP contribution in [0.5, 0.6) is 23.0 Å². The monoisotopic (exact) mass is 446 g/mol. The van der Waals surface area contributed by atoms with E-state index < -0.39 is 10.1 Å². The molecule has 0 saturated carbocycles. The highest BCUT2D eigenvalue weighted by Gasteiger charge is 2.29. The van der Waals surface area contributed by atoms with E-state index in [1.54, 1.807) is 0 Å². The Morgan fingerprint density at radius 3 is 1.50 bits per heavy atom. The van der Waals surface area contributed by atoms with Gasteiger partial charge in [-0.15, -0.1) is 0 Å². The summed E-state index contributed by atoms with van der Waals surface area (Å²) in [6, 6.07) is 1.28.